The molecule has 0 aromatic carbocycles. The van der Waals surface area contributed by atoms with Crippen LogP contribution in [-0.2, 0) is 0 Å². The van der Waals surface area contributed by atoms with Gasteiger partial charge in [0.05, 0.1) is 0 Å². The Kier molecular flexibility index (Phi) is 3.38. The van der Waals surface area contributed by atoms with Crippen LogP contribution in [0.4, 0.5) is 0 Å². The van der Waals surface area contributed by atoms with E-state index in [1.165, 1.54) is 32.1 Å². The summed E-state index contributed by atoms with van der Waals surface area (Å²) in [5.74, 6) is 9.86. The molecule has 4 rings (SSSR count). The van der Waals surface area contributed by atoms with Gasteiger partial charge in [-0.2, -0.15) is 0 Å². The molecule has 0 amide bonds. The van der Waals surface area contributed by atoms with Gasteiger partial charge in [0.25, 0.3) is 0 Å². The number of hydrogen-bond acceptors (Lipinski definition) is 2. The second-order valence-corrected chi connectivity index (χ2v) is 6.65. The first kappa shape index (κ1) is 12.5. The van der Waals surface area contributed by atoms with E-state index in [0.29, 0.717) is 0 Å². The van der Waals surface area contributed by atoms with Crippen molar-refractivity contribution in [2.24, 2.45) is 29.4 Å². The lowest BCUT2D eigenvalue weighted by molar-refractivity contribution is -0.0687. The van der Waals surface area contributed by atoms with Gasteiger partial charge in [-0.05, 0) is 62.7 Å². The van der Waals surface area contributed by atoms with Crippen LogP contribution >= 0.6 is 0 Å². The molecule has 3 N–H and O–H groups in total. The molecular weight excluding hydrogens is 220 g/mol. The molecule has 0 heterocycles. The van der Waals surface area contributed by atoms with Crippen LogP contribution in [0.2, 0.25) is 0 Å². The first-order valence-electron chi connectivity index (χ1n) is 7.63. The smallest absolute Gasteiger partial charge is 0.0361 e. The van der Waals surface area contributed by atoms with Crippen molar-refractivity contribution in [1.82, 2.24) is 5.32 Å². The fraction of sp³-hybridized carbons (Fsp3) is 0.875. The standard InChI is InChI=1S/C16H26N2/c1-2-3-4-5-18-16(11-17)14-7-12-6-13(9-14)10-15(16)8-12/h12-15,18H,4-11,17H2,1H3. The maximum absolute atomic E-state index is 6.20. The highest BCUT2D eigenvalue weighted by molar-refractivity contribution is 5.12. The maximum Gasteiger partial charge on any atom is 0.0361 e. The van der Waals surface area contributed by atoms with E-state index in [9.17, 15) is 0 Å². The molecule has 18 heavy (non-hydrogen) atoms. The summed E-state index contributed by atoms with van der Waals surface area (Å²) in [5, 5.41) is 3.84. The predicted octanol–water partition coefficient (Wildman–Crippen LogP) is 2.14. The van der Waals surface area contributed by atoms with Gasteiger partial charge in [0.1, 0.15) is 0 Å². The minimum absolute atomic E-state index is 0.253. The highest BCUT2D eigenvalue weighted by Gasteiger charge is 2.56. The van der Waals surface area contributed by atoms with Gasteiger partial charge in [0, 0.05) is 25.0 Å². The fourth-order valence-corrected chi connectivity index (χ4v) is 5.20. The van der Waals surface area contributed by atoms with Crippen molar-refractivity contribution in [2.75, 3.05) is 13.1 Å². The first-order valence-corrected chi connectivity index (χ1v) is 7.63. The Balaban J connectivity index is 1.71. The average Bonchev–Trinajstić information content (AvgIpc) is 2.37. The molecule has 0 radical (unpaired) electrons. The van der Waals surface area contributed by atoms with Crippen LogP contribution in [0.15, 0.2) is 0 Å². The van der Waals surface area contributed by atoms with E-state index >= 15 is 0 Å². The van der Waals surface area contributed by atoms with Gasteiger partial charge in [-0.1, -0.05) is 0 Å². The van der Waals surface area contributed by atoms with Gasteiger partial charge in [0.15, 0.2) is 0 Å². The van der Waals surface area contributed by atoms with E-state index < -0.39 is 0 Å². The Morgan fingerprint density at radius 1 is 1.11 bits per heavy atom. The summed E-state index contributed by atoms with van der Waals surface area (Å²) >= 11 is 0. The molecule has 0 saturated heterocycles. The van der Waals surface area contributed by atoms with Crippen LogP contribution in [0.3, 0.4) is 0 Å². The normalized spacial score (nSPS) is 44.8. The van der Waals surface area contributed by atoms with E-state index in [1.807, 2.05) is 6.92 Å². The molecule has 0 atom stereocenters. The number of hydrogen-bond donors (Lipinski definition) is 2. The molecule has 0 unspecified atom stereocenters. The van der Waals surface area contributed by atoms with E-state index in [2.05, 4.69) is 17.2 Å². The monoisotopic (exact) mass is 246 g/mol. The van der Waals surface area contributed by atoms with Crippen LogP contribution in [0.25, 0.3) is 0 Å². The summed E-state index contributed by atoms with van der Waals surface area (Å²) < 4.78 is 0. The Morgan fingerprint density at radius 3 is 2.22 bits per heavy atom. The Morgan fingerprint density at radius 2 is 1.72 bits per heavy atom. The third-order valence-corrected chi connectivity index (χ3v) is 5.81. The molecule has 4 bridgehead atoms. The second kappa shape index (κ2) is 4.87. The minimum Gasteiger partial charge on any atom is -0.329 e. The van der Waals surface area contributed by atoms with Crippen molar-refractivity contribution in [1.29, 1.82) is 0 Å². The predicted molar refractivity (Wildman–Crippen MR) is 74.9 cm³/mol. The Bertz CT molecular complexity index is 335. The molecule has 100 valence electrons. The summed E-state index contributed by atoms with van der Waals surface area (Å²) in [7, 11) is 0. The van der Waals surface area contributed by atoms with Gasteiger partial charge in [-0.25, -0.2) is 0 Å². The van der Waals surface area contributed by atoms with E-state index in [1.54, 1.807) is 0 Å². The molecule has 4 aliphatic rings. The zero-order chi connectivity index (χ0) is 12.6. The number of nitrogens with one attached hydrogen (secondary N) is 1. The van der Waals surface area contributed by atoms with Crippen molar-refractivity contribution in [3.63, 3.8) is 0 Å². The topological polar surface area (TPSA) is 38.0 Å². The van der Waals surface area contributed by atoms with Crippen molar-refractivity contribution in [3.05, 3.63) is 0 Å². The molecule has 4 fully saturated rings. The van der Waals surface area contributed by atoms with Crippen molar-refractivity contribution in [2.45, 2.75) is 51.0 Å². The molecule has 0 spiro atoms. The van der Waals surface area contributed by atoms with E-state index in [4.69, 9.17) is 5.73 Å². The lowest BCUT2D eigenvalue weighted by atomic mass is 9.48. The van der Waals surface area contributed by atoms with Crippen LogP contribution in [0.5, 0.6) is 0 Å². The molecular formula is C16H26N2. The summed E-state index contributed by atoms with van der Waals surface area (Å²) in [6, 6.07) is 0. The quantitative estimate of drug-likeness (QED) is 0.589. The molecule has 2 nitrogen and oxygen atoms in total. The Hall–Kier alpha value is -0.520. The number of rotatable bonds is 4. The van der Waals surface area contributed by atoms with Crippen molar-refractivity contribution < 1.29 is 0 Å². The second-order valence-electron chi connectivity index (χ2n) is 6.65. The third-order valence-electron chi connectivity index (χ3n) is 5.81. The molecule has 2 heteroatoms. The number of nitrogens with two attached hydrogens (primary N) is 1. The van der Waals surface area contributed by atoms with E-state index in [0.717, 1.165) is 43.2 Å². The lowest BCUT2D eigenvalue weighted by Crippen LogP contribution is -2.68. The highest BCUT2D eigenvalue weighted by Crippen LogP contribution is 2.57. The maximum atomic E-state index is 6.20. The van der Waals surface area contributed by atoms with Crippen LogP contribution in [0.1, 0.15) is 45.4 Å². The minimum atomic E-state index is 0.253. The summed E-state index contributed by atoms with van der Waals surface area (Å²) in [6.45, 7) is 3.75. The van der Waals surface area contributed by atoms with Crippen LogP contribution < -0.4 is 11.1 Å². The van der Waals surface area contributed by atoms with Gasteiger partial charge < -0.3 is 11.1 Å². The molecule has 0 aromatic heterocycles. The van der Waals surface area contributed by atoms with Crippen molar-refractivity contribution in [3.8, 4) is 11.8 Å². The fourth-order valence-electron chi connectivity index (χ4n) is 5.20. The zero-order valence-corrected chi connectivity index (χ0v) is 11.5. The zero-order valence-electron chi connectivity index (χ0n) is 11.5. The molecule has 4 saturated carbocycles. The van der Waals surface area contributed by atoms with Crippen LogP contribution in [0, 0.1) is 35.5 Å². The Labute approximate surface area is 111 Å². The molecule has 4 aliphatic carbocycles. The lowest BCUT2D eigenvalue weighted by Gasteiger charge is -2.61. The van der Waals surface area contributed by atoms with Gasteiger partial charge in [0.2, 0.25) is 0 Å². The van der Waals surface area contributed by atoms with E-state index in [-0.39, 0.29) is 5.54 Å². The molecule has 0 aliphatic heterocycles. The average molecular weight is 246 g/mol. The summed E-state index contributed by atoms with van der Waals surface area (Å²) in [6.07, 6.45) is 8.18. The molecule has 0 aromatic rings. The largest absolute Gasteiger partial charge is 0.329 e. The summed E-state index contributed by atoms with van der Waals surface area (Å²) in [4.78, 5) is 0. The summed E-state index contributed by atoms with van der Waals surface area (Å²) in [5.41, 5.74) is 6.46. The van der Waals surface area contributed by atoms with Gasteiger partial charge in [-0.3, -0.25) is 0 Å². The van der Waals surface area contributed by atoms with Crippen molar-refractivity contribution >= 4 is 0 Å². The third kappa shape index (κ3) is 1.89. The van der Waals surface area contributed by atoms with Crippen LogP contribution in [-0.4, -0.2) is 18.6 Å². The van der Waals surface area contributed by atoms with Gasteiger partial charge in [-0.15, -0.1) is 11.8 Å². The highest BCUT2D eigenvalue weighted by atomic mass is 15.0. The SMILES string of the molecule is CC#CCCNC1(CN)C2CC3CC(C2)CC1C3. The van der Waals surface area contributed by atoms with Gasteiger partial charge >= 0.3 is 0 Å². The first-order chi connectivity index (χ1) is 8.78.